The lowest BCUT2D eigenvalue weighted by molar-refractivity contribution is -0.159. The van der Waals surface area contributed by atoms with Gasteiger partial charge in [0.2, 0.25) is 0 Å². The molecule has 2 aromatic carbocycles. The molecule has 5 aliphatic carbocycles. The summed E-state index contributed by atoms with van der Waals surface area (Å²) in [6, 6.07) is 10.7. The number of carbonyl (C=O) groups is 4. The number of benzene rings is 2. The van der Waals surface area contributed by atoms with Gasteiger partial charge in [0, 0.05) is 82.2 Å². The number of hydrogen-bond donors (Lipinski definition) is 4. The van der Waals surface area contributed by atoms with Crippen molar-refractivity contribution in [2.45, 2.75) is 103 Å². The van der Waals surface area contributed by atoms with E-state index >= 15 is 0 Å². The number of imidazole rings is 2. The van der Waals surface area contributed by atoms with Crippen LogP contribution < -0.4 is 10.6 Å². The van der Waals surface area contributed by atoms with Crippen LogP contribution in [0.2, 0.25) is 10.0 Å². The Labute approximate surface area is 382 Å². The van der Waals surface area contributed by atoms with Crippen LogP contribution in [0, 0.1) is 21.7 Å². The van der Waals surface area contributed by atoms with Gasteiger partial charge < -0.3 is 30.0 Å². The first-order valence-electron chi connectivity index (χ1n) is 22.8. The summed E-state index contributed by atoms with van der Waals surface area (Å²) in [5, 5.41) is 26.3. The molecule has 2 aromatic heterocycles. The Kier molecular flexibility index (Phi) is 10.8. The van der Waals surface area contributed by atoms with E-state index in [0.717, 1.165) is 139 Å². The van der Waals surface area contributed by atoms with Gasteiger partial charge in [-0.25, -0.2) is 9.97 Å². The fraction of sp³-hybridized carbons (Fsp3) is 0.542. The number of nitrogens with one attached hydrogen (secondary N) is 2. The van der Waals surface area contributed by atoms with Crippen LogP contribution in [0.15, 0.2) is 36.4 Å². The molecule has 7 aliphatic rings. The number of carboxylic acid groups (broad SMARTS) is 2. The summed E-state index contributed by atoms with van der Waals surface area (Å²) in [5.74, 6) is -1.45. The van der Waals surface area contributed by atoms with Crippen molar-refractivity contribution < 1.29 is 29.4 Å². The number of nitrogens with zero attached hydrogens (tertiary/aromatic N) is 6. The molecule has 0 atom stereocenters. The average Bonchev–Trinajstić information content (AvgIpc) is 4.05. The first-order valence-corrected chi connectivity index (χ1v) is 23.6. The summed E-state index contributed by atoms with van der Waals surface area (Å²) in [7, 11) is 3.74. The zero-order valence-electron chi connectivity index (χ0n) is 36.6. The maximum Gasteiger partial charge on any atom is 0.309 e. The number of carbonyl (C=O) groups excluding carboxylic acids is 2. The normalized spacial score (nSPS) is 27.3. The van der Waals surface area contributed by atoms with Crippen LogP contribution in [0.4, 0.5) is 11.4 Å². The summed E-state index contributed by atoms with van der Waals surface area (Å²) in [6.45, 7) is 4.79. The van der Waals surface area contributed by atoms with Crippen LogP contribution in [0.1, 0.15) is 121 Å². The summed E-state index contributed by atoms with van der Waals surface area (Å²) < 4.78 is 3.74. The molecule has 16 heteroatoms. The van der Waals surface area contributed by atoms with Crippen molar-refractivity contribution >= 4 is 58.3 Å². The number of halogens is 2. The van der Waals surface area contributed by atoms with E-state index in [-0.39, 0.29) is 22.6 Å². The van der Waals surface area contributed by atoms with Crippen molar-refractivity contribution in [2.24, 2.45) is 35.8 Å². The van der Waals surface area contributed by atoms with Gasteiger partial charge in [0.25, 0.3) is 11.8 Å². The first kappa shape index (κ1) is 43.1. The SMILES string of the molecule is Cn1c(C(=O)Nc2cccc(-c3cccc(NC(=O)c4nc5c(n4C)CCN(CC46CCC(C(=O)O)(CC4)CC6)C5)c3Cl)c2Cl)nc2c1CCN(CCC13CCC(C(=O)O)(CC1)C3)C2. The second kappa shape index (κ2) is 16.0. The molecule has 2 amide bonds. The number of carboxylic acids is 2. The molecule has 4 aromatic rings. The van der Waals surface area contributed by atoms with Crippen LogP contribution in [0.3, 0.4) is 0 Å². The minimum Gasteiger partial charge on any atom is -0.481 e. The molecule has 14 nitrogen and oxygen atoms in total. The van der Waals surface area contributed by atoms with E-state index in [1.807, 2.05) is 35.4 Å². The summed E-state index contributed by atoms with van der Waals surface area (Å²) in [4.78, 5) is 66.1. The Morgan fingerprint density at radius 1 is 0.641 bits per heavy atom. The molecule has 4 N–H and O–H groups in total. The molecule has 338 valence electrons. The van der Waals surface area contributed by atoms with E-state index < -0.39 is 22.8 Å². The molecular formula is C48H56Cl2N8O6. The Morgan fingerprint density at radius 2 is 1.09 bits per heavy atom. The fourth-order valence-corrected chi connectivity index (χ4v) is 13.1. The quantitative estimate of drug-likeness (QED) is 0.109. The molecule has 0 unspecified atom stereocenters. The maximum absolute atomic E-state index is 13.9. The standard InChI is InChI=1S/C48H56Cl2N8O6/c1-55-35-9-22-57(24-21-45-11-19-48(27-45,20-12-45)44(63)64)25-33(35)51-39(55)41(59)53-31-7-3-5-29(37(31)49)30-6-4-8-32(38(30)50)54-42(60)40-52-34-26-58(23-10-36(34)56(40)2)28-46-13-16-47(17-14-46,18-15-46)43(61)62/h3-8H,9-28H2,1-2H3,(H,53,59)(H,54,60)(H,61,62)(H,63,64). The average molecular weight is 912 g/mol. The molecule has 11 rings (SSSR count). The van der Waals surface area contributed by atoms with Crippen molar-refractivity contribution in [1.82, 2.24) is 28.9 Å². The van der Waals surface area contributed by atoms with Gasteiger partial charge in [-0.2, -0.15) is 0 Å². The van der Waals surface area contributed by atoms with E-state index in [0.29, 0.717) is 57.3 Å². The van der Waals surface area contributed by atoms with Gasteiger partial charge in [-0.15, -0.1) is 0 Å². The lowest BCUT2D eigenvalue weighted by Crippen LogP contribution is -2.51. The zero-order chi connectivity index (χ0) is 44.8. The van der Waals surface area contributed by atoms with Crippen molar-refractivity contribution in [1.29, 1.82) is 0 Å². The second-order valence-electron chi connectivity index (χ2n) is 20.1. The number of fused-ring (bicyclic) bond motifs is 7. The summed E-state index contributed by atoms with van der Waals surface area (Å²) in [6.07, 6.45) is 11.9. The molecule has 0 spiro atoms. The van der Waals surface area contributed by atoms with Gasteiger partial charge in [0.15, 0.2) is 11.6 Å². The maximum atomic E-state index is 13.9. The lowest BCUT2D eigenvalue weighted by Gasteiger charge is -2.53. The van der Waals surface area contributed by atoms with Crippen LogP contribution in [0.5, 0.6) is 0 Å². The smallest absolute Gasteiger partial charge is 0.309 e. The molecule has 2 aliphatic heterocycles. The third kappa shape index (κ3) is 7.32. The van der Waals surface area contributed by atoms with Crippen molar-refractivity contribution in [3.05, 3.63) is 80.9 Å². The van der Waals surface area contributed by atoms with Crippen molar-refractivity contribution in [3.8, 4) is 11.1 Å². The van der Waals surface area contributed by atoms with Crippen molar-refractivity contribution in [2.75, 3.05) is 36.8 Å². The van der Waals surface area contributed by atoms with Gasteiger partial charge in [-0.05, 0) is 107 Å². The minimum absolute atomic E-state index is 0.123. The second-order valence-corrected chi connectivity index (χ2v) is 20.9. The number of rotatable bonds is 12. The van der Waals surface area contributed by atoms with Gasteiger partial charge >= 0.3 is 11.9 Å². The third-order valence-electron chi connectivity index (χ3n) is 16.7. The van der Waals surface area contributed by atoms with Gasteiger partial charge in [-0.1, -0.05) is 47.5 Å². The molecule has 0 radical (unpaired) electrons. The highest BCUT2D eigenvalue weighted by molar-refractivity contribution is 6.40. The molecule has 4 bridgehead atoms. The molecular weight excluding hydrogens is 855 g/mol. The van der Waals surface area contributed by atoms with Crippen LogP contribution in [0.25, 0.3) is 11.1 Å². The monoisotopic (exact) mass is 910 g/mol. The van der Waals surface area contributed by atoms with Crippen LogP contribution in [-0.2, 0) is 49.6 Å². The molecule has 4 heterocycles. The Morgan fingerprint density at radius 3 is 1.58 bits per heavy atom. The summed E-state index contributed by atoms with van der Waals surface area (Å²) in [5.41, 5.74) is 5.01. The number of anilines is 2. The first-order chi connectivity index (χ1) is 30.6. The van der Waals surface area contributed by atoms with Crippen LogP contribution >= 0.6 is 23.2 Å². The Hall–Kier alpha value is -4.76. The fourth-order valence-electron chi connectivity index (χ4n) is 12.6. The molecule has 5 saturated carbocycles. The molecule has 0 saturated heterocycles. The van der Waals surface area contributed by atoms with E-state index in [4.69, 9.17) is 33.2 Å². The van der Waals surface area contributed by atoms with E-state index in [9.17, 15) is 29.4 Å². The van der Waals surface area contributed by atoms with Gasteiger partial charge in [0.1, 0.15) is 0 Å². The number of hydrogen-bond acceptors (Lipinski definition) is 8. The van der Waals surface area contributed by atoms with Crippen LogP contribution in [-0.4, -0.2) is 89.0 Å². The predicted molar refractivity (Wildman–Crippen MR) is 243 cm³/mol. The lowest BCUT2D eigenvalue weighted by atomic mass is 9.53. The highest BCUT2D eigenvalue weighted by Gasteiger charge is 2.58. The van der Waals surface area contributed by atoms with E-state index in [1.165, 1.54) is 0 Å². The van der Waals surface area contributed by atoms with E-state index in [1.54, 1.807) is 24.3 Å². The highest BCUT2D eigenvalue weighted by atomic mass is 35.5. The molecule has 64 heavy (non-hydrogen) atoms. The van der Waals surface area contributed by atoms with Gasteiger partial charge in [-0.3, -0.25) is 29.0 Å². The Balaban J connectivity index is 0.786. The number of aromatic nitrogens is 4. The van der Waals surface area contributed by atoms with E-state index in [2.05, 4.69) is 20.4 Å². The number of amides is 2. The predicted octanol–water partition coefficient (Wildman–Crippen LogP) is 8.20. The topological polar surface area (TPSA) is 175 Å². The van der Waals surface area contributed by atoms with Gasteiger partial charge in [0.05, 0.1) is 43.6 Å². The zero-order valence-corrected chi connectivity index (χ0v) is 38.1. The largest absolute Gasteiger partial charge is 0.481 e. The minimum atomic E-state index is -0.638. The Bertz CT molecular complexity index is 2570. The third-order valence-corrected chi connectivity index (χ3v) is 17.5. The highest BCUT2D eigenvalue weighted by Crippen LogP contribution is 2.63. The van der Waals surface area contributed by atoms with Crippen molar-refractivity contribution in [3.63, 3.8) is 0 Å². The summed E-state index contributed by atoms with van der Waals surface area (Å²) >= 11 is 14.1. The molecule has 5 fully saturated rings. The number of aliphatic carboxylic acids is 2.